The number of ether oxygens (including phenoxy) is 1. The lowest BCUT2D eigenvalue weighted by molar-refractivity contribution is -0.121. The van der Waals surface area contributed by atoms with E-state index in [1.807, 2.05) is 6.92 Å². The van der Waals surface area contributed by atoms with Gasteiger partial charge in [-0.15, -0.1) is 0 Å². The quantitative estimate of drug-likeness (QED) is 0.633. The maximum atomic E-state index is 11.2. The number of rotatable bonds is 7. The number of methoxy groups -OCH3 is 1. The first-order valence-corrected chi connectivity index (χ1v) is 5.09. The van der Waals surface area contributed by atoms with Crippen molar-refractivity contribution in [2.45, 2.75) is 39.3 Å². The number of hydrogen-bond donors (Lipinski definition) is 2. The zero-order valence-electron chi connectivity index (χ0n) is 9.59. The third-order valence-corrected chi connectivity index (χ3v) is 1.89. The van der Waals surface area contributed by atoms with Crippen LogP contribution in [0.5, 0.6) is 0 Å². The molecule has 0 aromatic carbocycles. The summed E-state index contributed by atoms with van der Waals surface area (Å²) in [6, 6.07) is 0.431. The summed E-state index contributed by atoms with van der Waals surface area (Å²) in [6.45, 7) is 7.35. The molecular formula is C10H22N2O2. The molecule has 0 bridgehead atoms. The van der Waals surface area contributed by atoms with Crippen molar-refractivity contribution in [1.82, 2.24) is 10.6 Å². The molecule has 0 saturated heterocycles. The van der Waals surface area contributed by atoms with Crippen LogP contribution in [0.4, 0.5) is 0 Å². The third-order valence-electron chi connectivity index (χ3n) is 1.89. The fraction of sp³-hybridized carbons (Fsp3) is 0.900. The molecule has 0 fully saturated rings. The molecule has 14 heavy (non-hydrogen) atoms. The van der Waals surface area contributed by atoms with Crippen molar-refractivity contribution in [3.8, 4) is 0 Å². The molecule has 84 valence electrons. The molecule has 0 rings (SSSR count). The van der Waals surface area contributed by atoms with E-state index >= 15 is 0 Å². The highest BCUT2D eigenvalue weighted by Gasteiger charge is 2.03. The fourth-order valence-electron chi connectivity index (χ4n) is 0.904. The fourth-order valence-corrected chi connectivity index (χ4v) is 0.904. The van der Waals surface area contributed by atoms with Gasteiger partial charge in [0.05, 0.1) is 6.10 Å². The summed E-state index contributed by atoms with van der Waals surface area (Å²) in [5.41, 5.74) is 0. The smallest absolute Gasteiger partial charge is 0.221 e. The minimum Gasteiger partial charge on any atom is -0.380 e. The predicted molar refractivity (Wildman–Crippen MR) is 57.2 cm³/mol. The van der Waals surface area contributed by atoms with Gasteiger partial charge in [-0.2, -0.15) is 0 Å². The van der Waals surface area contributed by atoms with Crippen molar-refractivity contribution in [3.63, 3.8) is 0 Å². The molecular weight excluding hydrogens is 180 g/mol. The number of carbonyl (C=O) groups is 1. The van der Waals surface area contributed by atoms with Crippen LogP contribution in [0.25, 0.3) is 0 Å². The van der Waals surface area contributed by atoms with E-state index in [-0.39, 0.29) is 12.0 Å². The van der Waals surface area contributed by atoms with Gasteiger partial charge < -0.3 is 15.4 Å². The summed E-state index contributed by atoms with van der Waals surface area (Å²) in [7, 11) is 1.64. The molecule has 4 heteroatoms. The van der Waals surface area contributed by atoms with Gasteiger partial charge in [0.15, 0.2) is 0 Å². The second kappa shape index (κ2) is 7.76. The summed E-state index contributed by atoms with van der Waals surface area (Å²) >= 11 is 0. The van der Waals surface area contributed by atoms with Crippen LogP contribution < -0.4 is 10.6 Å². The highest BCUT2D eigenvalue weighted by molar-refractivity contribution is 5.76. The Morgan fingerprint density at radius 3 is 2.50 bits per heavy atom. The van der Waals surface area contributed by atoms with Crippen molar-refractivity contribution in [2.24, 2.45) is 0 Å². The first-order chi connectivity index (χ1) is 6.56. The molecule has 1 unspecified atom stereocenters. The van der Waals surface area contributed by atoms with Crippen LogP contribution in [-0.2, 0) is 9.53 Å². The summed E-state index contributed by atoms with van der Waals surface area (Å²) in [5, 5.41) is 5.99. The van der Waals surface area contributed by atoms with Crippen molar-refractivity contribution < 1.29 is 9.53 Å². The van der Waals surface area contributed by atoms with Crippen molar-refractivity contribution >= 4 is 5.91 Å². The third kappa shape index (κ3) is 8.01. The zero-order chi connectivity index (χ0) is 11.0. The van der Waals surface area contributed by atoms with Gasteiger partial charge in [0, 0.05) is 32.7 Å². The number of carbonyl (C=O) groups excluding carboxylic acids is 1. The first kappa shape index (κ1) is 13.4. The van der Waals surface area contributed by atoms with Gasteiger partial charge in [0.2, 0.25) is 5.91 Å². The Kier molecular flexibility index (Phi) is 7.42. The standard InChI is InChI=1S/C10H22N2O2/c1-8(2)11-6-5-10(13)12-7-9(3)14-4/h8-9,11H,5-7H2,1-4H3,(H,12,13). The Balaban J connectivity index is 3.37. The summed E-state index contributed by atoms with van der Waals surface area (Å²) in [4.78, 5) is 11.2. The summed E-state index contributed by atoms with van der Waals surface area (Å²) < 4.78 is 5.01. The molecule has 4 nitrogen and oxygen atoms in total. The molecule has 0 aromatic heterocycles. The maximum Gasteiger partial charge on any atom is 0.221 e. The number of hydrogen-bond acceptors (Lipinski definition) is 3. The summed E-state index contributed by atoms with van der Waals surface area (Å²) in [5.74, 6) is 0.0713. The molecule has 0 aliphatic rings. The molecule has 0 spiro atoms. The Morgan fingerprint density at radius 2 is 2.00 bits per heavy atom. The van der Waals surface area contributed by atoms with E-state index in [1.54, 1.807) is 7.11 Å². The summed E-state index contributed by atoms with van der Waals surface area (Å²) in [6.07, 6.45) is 0.603. The maximum absolute atomic E-state index is 11.2. The van der Waals surface area contributed by atoms with E-state index in [4.69, 9.17) is 4.74 Å². The van der Waals surface area contributed by atoms with Gasteiger partial charge in [0.1, 0.15) is 0 Å². The van der Waals surface area contributed by atoms with Gasteiger partial charge in [0.25, 0.3) is 0 Å². The van der Waals surface area contributed by atoms with Crippen LogP contribution in [0.1, 0.15) is 27.2 Å². The molecule has 0 heterocycles. The van der Waals surface area contributed by atoms with Crippen LogP contribution in [0.15, 0.2) is 0 Å². The number of amides is 1. The average Bonchev–Trinajstić information content (AvgIpc) is 2.13. The van der Waals surface area contributed by atoms with Gasteiger partial charge in [-0.25, -0.2) is 0 Å². The largest absolute Gasteiger partial charge is 0.380 e. The molecule has 0 radical (unpaired) electrons. The average molecular weight is 202 g/mol. The van der Waals surface area contributed by atoms with Crippen LogP contribution >= 0.6 is 0 Å². The van der Waals surface area contributed by atoms with E-state index in [9.17, 15) is 4.79 Å². The molecule has 1 amide bonds. The molecule has 0 aliphatic heterocycles. The first-order valence-electron chi connectivity index (χ1n) is 5.09. The van der Waals surface area contributed by atoms with Crippen LogP contribution in [0.2, 0.25) is 0 Å². The van der Waals surface area contributed by atoms with Crippen molar-refractivity contribution in [2.75, 3.05) is 20.2 Å². The van der Waals surface area contributed by atoms with Crippen LogP contribution in [0, 0.1) is 0 Å². The highest BCUT2D eigenvalue weighted by Crippen LogP contribution is 1.86. The Morgan fingerprint density at radius 1 is 1.36 bits per heavy atom. The topological polar surface area (TPSA) is 50.4 Å². The van der Waals surface area contributed by atoms with E-state index in [0.717, 1.165) is 6.54 Å². The monoisotopic (exact) mass is 202 g/mol. The van der Waals surface area contributed by atoms with E-state index in [0.29, 0.717) is 19.0 Å². The van der Waals surface area contributed by atoms with Gasteiger partial charge in [-0.3, -0.25) is 4.79 Å². The molecule has 0 aliphatic carbocycles. The van der Waals surface area contributed by atoms with Gasteiger partial charge >= 0.3 is 0 Å². The van der Waals surface area contributed by atoms with Crippen LogP contribution in [-0.4, -0.2) is 38.3 Å². The van der Waals surface area contributed by atoms with E-state index < -0.39 is 0 Å². The number of nitrogens with one attached hydrogen (secondary N) is 2. The Bertz CT molecular complexity index is 160. The molecule has 0 aromatic rings. The van der Waals surface area contributed by atoms with E-state index in [2.05, 4.69) is 24.5 Å². The van der Waals surface area contributed by atoms with Crippen molar-refractivity contribution in [3.05, 3.63) is 0 Å². The van der Waals surface area contributed by atoms with Gasteiger partial charge in [-0.1, -0.05) is 13.8 Å². The van der Waals surface area contributed by atoms with Crippen molar-refractivity contribution in [1.29, 1.82) is 0 Å². The van der Waals surface area contributed by atoms with Crippen LogP contribution in [0.3, 0.4) is 0 Å². The Labute approximate surface area is 86.4 Å². The lowest BCUT2D eigenvalue weighted by atomic mass is 10.3. The molecule has 2 N–H and O–H groups in total. The SMILES string of the molecule is COC(C)CNC(=O)CCNC(C)C. The lowest BCUT2D eigenvalue weighted by Crippen LogP contribution is -2.34. The molecule has 1 atom stereocenters. The molecule has 0 saturated carbocycles. The lowest BCUT2D eigenvalue weighted by Gasteiger charge is -2.11. The minimum absolute atomic E-state index is 0.0713. The second-order valence-corrected chi connectivity index (χ2v) is 3.71. The highest BCUT2D eigenvalue weighted by atomic mass is 16.5. The second-order valence-electron chi connectivity index (χ2n) is 3.71. The van der Waals surface area contributed by atoms with E-state index in [1.165, 1.54) is 0 Å². The predicted octanol–water partition coefficient (Wildman–Crippen LogP) is 0.526. The minimum atomic E-state index is 0.0713. The van der Waals surface area contributed by atoms with Gasteiger partial charge in [-0.05, 0) is 6.92 Å². The Hall–Kier alpha value is -0.610. The normalized spacial score (nSPS) is 12.9. The zero-order valence-corrected chi connectivity index (χ0v) is 9.59.